The minimum atomic E-state index is -0.453. The molecule has 0 aliphatic carbocycles. The lowest BCUT2D eigenvalue weighted by Crippen LogP contribution is -2.19. The van der Waals surface area contributed by atoms with E-state index in [2.05, 4.69) is 10.5 Å². The molecule has 0 aliphatic rings. The van der Waals surface area contributed by atoms with Crippen LogP contribution in [0.4, 0.5) is 11.4 Å². The normalized spacial score (nSPS) is 10.6. The van der Waals surface area contributed by atoms with Crippen molar-refractivity contribution in [3.63, 3.8) is 0 Å². The van der Waals surface area contributed by atoms with Gasteiger partial charge in [-0.05, 0) is 53.6 Å². The minimum absolute atomic E-state index is 0.0204. The quantitative estimate of drug-likeness (QED) is 0.248. The molecular weight excluding hydrogens is 400 g/mol. The van der Waals surface area contributed by atoms with E-state index in [1.165, 1.54) is 25.5 Å². The number of anilines is 1. The number of nitro benzene ring substituents is 1. The number of nitrogens with two attached hydrogens (primary N) is 1. The van der Waals surface area contributed by atoms with Crippen LogP contribution in [0.2, 0.25) is 0 Å². The van der Waals surface area contributed by atoms with E-state index in [4.69, 9.17) is 15.2 Å². The van der Waals surface area contributed by atoms with Crippen molar-refractivity contribution in [3.05, 3.63) is 93.5 Å². The second-order valence-corrected chi connectivity index (χ2v) is 6.41. The van der Waals surface area contributed by atoms with Gasteiger partial charge in [-0.2, -0.15) is 5.10 Å². The number of hydrazone groups is 1. The van der Waals surface area contributed by atoms with E-state index in [0.717, 1.165) is 5.56 Å². The van der Waals surface area contributed by atoms with E-state index < -0.39 is 10.8 Å². The number of ether oxygens (including phenoxy) is 2. The maximum absolute atomic E-state index is 12.1. The number of nitrogens with zero attached hydrogens (tertiary/aromatic N) is 2. The molecule has 0 fully saturated rings. The summed E-state index contributed by atoms with van der Waals surface area (Å²) in [5, 5.41) is 14.7. The Bertz CT molecular complexity index is 1110. The number of amides is 1. The van der Waals surface area contributed by atoms with Gasteiger partial charge in [0.25, 0.3) is 11.6 Å². The smallest absolute Gasteiger partial charge is 0.273 e. The molecule has 0 bridgehead atoms. The number of hydrogen-bond acceptors (Lipinski definition) is 7. The third kappa shape index (κ3) is 5.57. The molecule has 0 aliphatic heterocycles. The molecule has 0 unspecified atom stereocenters. The maximum Gasteiger partial charge on any atom is 0.273 e. The first-order valence-corrected chi connectivity index (χ1v) is 9.20. The predicted octanol–water partition coefficient (Wildman–Crippen LogP) is 3.53. The van der Waals surface area contributed by atoms with Crippen LogP contribution in [-0.4, -0.2) is 24.2 Å². The molecule has 3 rings (SSSR count). The molecule has 0 saturated carbocycles. The highest BCUT2D eigenvalue weighted by Crippen LogP contribution is 2.28. The van der Waals surface area contributed by atoms with Crippen molar-refractivity contribution in [2.75, 3.05) is 12.8 Å². The molecular formula is C22H20N4O5. The van der Waals surface area contributed by atoms with Gasteiger partial charge in [0.2, 0.25) is 0 Å². The first-order chi connectivity index (χ1) is 15.0. The minimum Gasteiger partial charge on any atom is -0.493 e. The number of nitrogen functional groups attached to an aromatic ring is 1. The number of carbonyl (C=O) groups is 1. The zero-order valence-corrected chi connectivity index (χ0v) is 16.6. The van der Waals surface area contributed by atoms with Crippen molar-refractivity contribution < 1.29 is 19.2 Å². The van der Waals surface area contributed by atoms with Crippen molar-refractivity contribution in [3.8, 4) is 11.5 Å². The van der Waals surface area contributed by atoms with Gasteiger partial charge in [0.1, 0.15) is 6.61 Å². The predicted molar refractivity (Wildman–Crippen MR) is 116 cm³/mol. The second kappa shape index (κ2) is 9.88. The average molecular weight is 420 g/mol. The number of nitrogens with one attached hydrogen (secondary N) is 1. The lowest BCUT2D eigenvalue weighted by atomic mass is 10.2. The summed E-state index contributed by atoms with van der Waals surface area (Å²) in [6.07, 6.45) is 1.47. The van der Waals surface area contributed by atoms with Gasteiger partial charge in [-0.15, -0.1) is 0 Å². The maximum atomic E-state index is 12.1. The van der Waals surface area contributed by atoms with Crippen LogP contribution in [0.1, 0.15) is 21.5 Å². The molecule has 158 valence electrons. The van der Waals surface area contributed by atoms with Crippen molar-refractivity contribution in [2.45, 2.75) is 6.61 Å². The lowest BCUT2D eigenvalue weighted by molar-refractivity contribution is -0.384. The Kier molecular flexibility index (Phi) is 6.79. The third-order valence-corrected chi connectivity index (χ3v) is 4.31. The Morgan fingerprint density at radius 3 is 2.55 bits per heavy atom. The molecule has 0 radical (unpaired) electrons. The van der Waals surface area contributed by atoms with E-state index >= 15 is 0 Å². The van der Waals surface area contributed by atoms with Crippen LogP contribution in [-0.2, 0) is 6.61 Å². The lowest BCUT2D eigenvalue weighted by Gasteiger charge is -2.11. The van der Waals surface area contributed by atoms with Gasteiger partial charge < -0.3 is 15.2 Å². The largest absolute Gasteiger partial charge is 0.493 e. The topological polar surface area (TPSA) is 129 Å². The van der Waals surface area contributed by atoms with Crippen LogP contribution >= 0.6 is 0 Å². The Morgan fingerprint density at radius 2 is 1.87 bits per heavy atom. The zero-order valence-electron chi connectivity index (χ0n) is 16.6. The van der Waals surface area contributed by atoms with Gasteiger partial charge in [0, 0.05) is 17.8 Å². The molecule has 0 saturated heterocycles. The molecule has 3 N–H and O–H groups in total. The molecule has 0 atom stereocenters. The summed E-state index contributed by atoms with van der Waals surface area (Å²) in [6, 6.07) is 18.0. The number of methoxy groups -OCH3 is 1. The Morgan fingerprint density at radius 1 is 1.13 bits per heavy atom. The van der Waals surface area contributed by atoms with Crippen LogP contribution in [0.3, 0.4) is 0 Å². The second-order valence-electron chi connectivity index (χ2n) is 6.41. The van der Waals surface area contributed by atoms with Crippen LogP contribution in [0.25, 0.3) is 0 Å². The van der Waals surface area contributed by atoms with Gasteiger partial charge in [-0.3, -0.25) is 14.9 Å². The monoisotopic (exact) mass is 420 g/mol. The molecule has 0 heterocycles. The highest BCUT2D eigenvalue weighted by atomic mass is 16.6. The highest BCUT2D eigenvalue weighted by molar-refractivity contribution is 5.99. The van der Waals surface area contributed by atoms with Crippen molar-refractivity contribution in [1.29, 1.82) is 0 Å². The fourth-order valence-electron chi connectivity index (χ4n) is 2.69. The fraction of sp³-hybridized carbons (Fsp3) is 0.0909. The zero-order chi connectivity index (χ0) is 22.2. The van der Waals surface area contributed by atoms with Crippen LogP contribution in [0.15, 0.2) is 71.8 Å². The summed E-state index contributed by atoms with van der Waals surface area (Å²) in [5.74, 6) is 0.563. The van der Waals surface area contributed by atoms with Crippen LogP contribution in [0.5, 0.6) is 11.5 Å². The van der Waals surface area contributed by atoms with Gasteiger partial charge in [0.15, 0.2) is 11.5 Å². The Balaban J connectivity index is 1.62. The number of benzene rings is 3. The summed E-state index contributed by atoms with van der Waals surface area (Å²) in [4.78, 5) is 22.4. The first kappa shape index (κ1) is 21.3. The molecule has 1 amide bonds. The van der Waals surface area contributed by atoms with E-state index in [-0.39, 0.29) is 12.3 Å². The average Bonchev–Trinajstić information content (AvgIpc) is 2.78. The molecule has 0 spiro atoms. The molecule has 3 aromatic carbocycles. The number of para-hydroxylation sites is 1. The molecule has 9 nitrogen and oxygen atoms in total. The summed E-state index contributed by atoms with van der Waals surface area (Å²) in [7, 11) is 1.51. The molecule has 9 heteroatoms. The first-order valence-electron chi connectivity index (χ1n) is 9.20. The van der Waals surface area contributed by atoms with Crippen molar-refractivity contribution in [1.82, 2.24) is 5.43 Å². The number of hydrogen-bond donors (Lipinski definition) is 2. The van der Waals surface area contributed by atoms with Crippen molar-refractivity contribution in [2.24, 2.45) is 5.10 Å². The Labute approximate surface area is 178 Å². The van der Waals surface area contributed by atoms with Gasteiger partial charge in [-0.25, -0.2) is 5.43 Å². The summed E-state index contributed by atoms with van der Waals surface area (Å²) in [6.45, 7) is 0.219. The summed E-state index contributed by atoms with van der Waals surface area (Å²) >= 11 is 0. The van der Waals surface area contributed by atoms with E-state index in [1.54, 1.807) is 54.6 Å². The molecule has 31 heavy (non-hydrogen) atoms. The van der Waals surface area contributed by atoms with Crippen LogP contribution in [0, 0.1) is 10.1 Å². The van der Waals surface area contributed by atoms with Gasteiger partial charge in [0.05, 0.1) is 23.8 Å². The third-order valence-electron chi connectivity index (χ3n) is 4.31. The number of nitro groups is 1. The van der Waals surface area contributed by atoms with E-state index in [0.29, 0.717) is 28.3 Å². The van der Waals surface area contributed by atoms with Crippen LogP contribution < -0.4 is 20.6 Å². The number of carbonyl (C=O) groups excluding carboxylic acids is 1. The fourth-order valence-corrected chi connectivity index (χ4v) is 2.69. The van der Waals surface area contributed by atoms with E-state index in [9.17, 15) is 14.9 Å². The molecule has 3 aromatic rings. The van der Waals surface area contributed by atoms with Gasteiger partial charge in [-0.1, -0.05) is 12.1 Å². The number of rotatable bonds is 8. The Hall–Kier alpha value is -4.40. The summed E-state index contributed by atoms with van der Waals surface area (Å²) in [5.41, 5.74) is 10.4. The standard InChI is InChI=1S/C22H20N4O5/c1-30-21-12-16(13-24-25-22(27)18-4-2-3-5-19(18)23)8-11-20(21)31-14-15-6-9-17(10-7-15)26(28)29/h2-13H,14,23H2,1H3,(H,25,27)/b24-13+. The van der Waals surface area contributed by atoms with E-state index in [1.807, 2.05) is 0 Å². The highest BCUT2D eigenvalue weighted by Gasteiger charge is 2.09. The SMILES string of the molecule is COc1cc(/C=N/NC(=O)c2ccccc2N)ccc1OCc1ccc([N+](=O)[O-])cc1. The number of non-ortho nitro benzene ring substituents is 1. The van der Waals surface area contributed by atoms with Crippen molar-refractivity contribution >= 4 is 23.5 Å². The molecule has 0 aromatic heterocycles. The van der Waals surface area contributed by atoms with Gasteiger partial charge >= 0.3 is 0 Å². The summed E-state index contributed by atoms with van der Waals surface area (Å²) < 4.78 is 11.1.